The van der Waals surface area contributed by atoms with Crippen molar-refractivity contribution in [1.29, 1.82) is 0 Å². The average Bonchev–Trinajstić information content (AvgIpc) is 2.37. The molecule has 0 aromatic heterocycles. The van der Waals surface area contributed by atoms with E-state index in [0.29, 0.717) is 0 Å². The molecule has 0 heterocycles. The van der Waals surface area contributed by atoms with Crippen molar-refractivity contribution in [3.05, 3.63) is 69.2 Å². The summed E-state index contributed by atoms with van der Waals surface area (Å²) in [6, 6.07) is 15.8. The Balaban J connectivity index is 2.23. The Kier molecular flexibility index (Phi) is 4.81. The van der Waals surface area contributed by atoms with Gasteiger partial charge in [0.05, 0.1) is 6.61 Å². The van der Waals surface area contributed by atoms with E-state index < -0.39 is 0 Å². The molecule has 0 amide bonds. The monoisotopic (exact) mass is 324 g/mol. The second-order valence-corrected chi connectivity index (χ2v) is 5.53. The molecule has 1 atom stereocenters. The van der Waals surface area contributed by atoms with Crippen molar-refractivity contribution < 1.29 is 5.11 Å². The quantitative estimate of drug-likeness (QED) is 0.882. The lowest BCUT2D eigenvalue weighted by Gasteiger charge is -2.16. The minimum Gasteiger partial charge on any atom is -0.396 e. The maximum atomic E-state index is 9.58. The van der Waals surface area contributed by atoms with Gasteiger partial charge in [-0.15, -0.1) is 0 Å². The summed E-state index contributed by atoms with van der Waals surface area (Å²) in [4.78, 5) is 0. The van der Waals surface area contributed by atoms with E-state index in [0.717, 1.165) is 27.0 Å². The van der Waals surface area contributed by atoms with Gasteiger partial charge in [0.15, 0.2) is 0 Å². The summed E-state index contributed by atoms with van der Waals surface area (Å²) in [5.41, 5.74) is 2.26. The third-order valence-electron chi connectivity index (χ3n) is 2.94. The van der Waals surface area contributed by atoms with Gasteiger partial charge in [0.25, 0.3) is 0 Å². The van der Waals surface area contributed by atoms with Crippen molar-refractivity contribution in [2.75, 3.05) is 6.61 Å². The summed E-state index contributed by atoms with van der Waals surface area (Å²) in [6.45, 7) is 0.120. The highest BCUT2D eigenvalue weighted by atomic mass is 79.9. The van der Waals surface area contributed by atoms with Crippen LogP contribution in [-0.4, -0.2) is 11.7 Å². The molecule has 0 aliphatic heterocycles. The van der Waals surface area contributed by atoms with Gasteiger partial charge in [0.1, 0.15) is 0 Å². The highest BCUT2D eigenvalue weighted by molar-refractivity contribution is 9.10. The zero-order valence-electron chi connectivity index (χ0n) is 9.81. The molecule has 0 saturated carbocycles. The van der Waals surface area contributed by atoms with Gasteiger partial charge >= 0.3 is 0 Å². The van der Waals surface area contributed by atoms with Gasteiger partial charge in [-0.3, -0.25) is 0 Å². The van der Waals surface area contributed by atoms with E-state index in [1.807, 2.05) is 48.5 Å². The standard InChI is InChI=1S/C15H14BrClO/c16-15-7-2-1-6-14(15)12(10-18)8-11-4-3-5-13(17)9-11/h1-7,9,12,18H,8,10H2. The maximum absolute atomic E-state index is 9.58. The molecule has 2 aromatic rings. The van der Waals surface area contributed by atoms with Crippen LogP contribution in [0, 0.1) is 0 Å². The van der Waals surface area contributed by atoms with Crippen molar-refractivity contribution in [1.82, 2.24) is 0 Å². The van der Waals surface area contributed by atoms with Crippen molar-refractivity contribution in [2.45, 2.75) is 12.3 Å². The van der Waals surface area contributed by atoms with Crippen LogP contribution < -0.4 is 0 Å². The molecular formula is C15H14BrClO. The van der Waals surface area contributed by atoms with E-state index in [-0.39, 0.29) is 12.5 Å². The largest absolute Gasteiger partial charge is 0.396 e. The fraction of sp³-hybridized carbons (Fsp3) is 0.200. The van der Waals surface area contributed by atoms with Crippen LogP contribution in [0.15, 0.2) is 53.0 Å². The Morgan fingerprint density at radius 1 is 1.11 bits per heavy atom. The molecular weight excluding hydrogens is 312 g/mol. The molecule has 1 unspecified atom stereocenters. The number of hydrogen-bond acceptors (Lipinski definition) is 1. The molecule has 94 valence electrons. The van der Waals surface area contributed by atoms with Crippen molar-refractivity contribution >= 4 is 27.5 Å². The summed E-state index contributed by atoms with van der Waals surface area (Å²) in [5.74, 6) is 0.0824. The van der Waals surface area contributed by atoms with E-state index in [1.54, 1.807) is 0 Å². The molecule has 1 nitrogen and oxygen atoms in total. The summed E-state index contributed by atoms with van der Waals surface area (Å²) in [7, 11) is 0. The predicted octanol–water partition coefficient (Wildman–Crippen LogP) is 4.42. The van der Waals surface area contributed by atoms with E-state index in [2.05, 4.69) is 15.9 Å². The van der Waals surface area contributed by atoms with Crippen LogP contribution in [0.4, 0.5) is 0 Å². The van der Waals surface area contributed by atoms with Crippen LogP contribution in [0.25, 0.3) is 0 Å². The Hall–Kier alpha value is -0.830. The first kappa shape index (κ1) is 13.6. The smallest absolute Gasteiger partial charge is 0.0503 e. The van der Waals surface area contributed by atoms with Gasteiger partial charge in [0, 0.05) is 15.4 Å². The van der Waals surface area contributed by atoms with Crippen molar-refractivity contribution in [3.8, 4) is 0 Å². The topological polar surface area (TPSA) is 20.2 Å². The Labute approximate surface area is 121 Å². The summed E-state index contributed by atoms with van der Waals surface area (Å²) in [6.07, 6.45) is 0.777. The Morgan fingerprint density at radius 3 is 2.56 bits per heavy atom. The first-order chi connectivity index (χ1) is 8.70. The second kappa shape index (κ2) is 6.37. The van der Waals surface area contributed by atoms with Gasteiger partial charge < -0.3 is 5.11 Å². The van der Waals surface area contributed by atoms with Gasteiger partial charge in [-0.25, -0.2) is 0 Å². The number of aliphatic hydroxyl groups excluding tert-OH is 1. The van der Waals surface area contributed by atoms with Crippen LogP contribution in [-0.2, 0) is 6.42 Å². The molecule has 0 radical (unpaired) electrons. The minimum absolute atomic E-state index is 0.0824. The normalized spacial score (nSPS) is 12.4. The molecule has 2 rings (SSSR count). The number of halogens is 2. The number of aliphatic hydroxyl groups is 1. The fourth-order valence-corrected chi connectivity index (χ4v) is 2.85. The molecule has 0 aliphatic carbocycles. The third-order valence-corrected chi connectivity index (χ3v) is 3.89. The number of rotatable bonds is 4. The van der Waals surface area contributed by atoms with E-state index in [9.17, 15) is 5.11 Å². The van der Waals surface area contributed by atoms with Crippen LogP contribution in [0.1, 0.15) is 17.0 Å². The van der Waals surface area contributed by atoms with E-state index in [1.165, 1.54) is 0 Å². The van der Waals surface area contributed by atoms with Crippen LogP contribution in [0.2, 0.25) is 5.02 Å². The Bertz CT molecular complexity index is 527. The van der Waals surface area contributed by atoms with Crippen LogP contribution in [0.5, 0.6) is 0 Å². The number of hydrogen-bond donors (Lipinski definition) is 1. The van der Waals surface area contributed by atoms with Gasteiger partial charge in [-0.1, -0.05) is 57.9 Å². The minimum atomic E-state index is 0.0824. The molecule has 2 aromatic carbocycles. The number of benzene rings is 2. The third kappa shape index (κ3) is 3.35. The molecule has 18 heavy (non-hydrogen) atoms. The molecule has 0 aliphatic rings. The van der Waals surface area contributed by atoms with Gasteiger partial charge in [-0.2, -0.15) is 0 Å². The first-order valence-electron chi connectivity index (χ1n) is 5.80. The maximum Gasteiger partial charge on any atom is 0.0503 e. The summed E-state index contributed by atoms with van der Waals surface area (Å²) in [5, 5.41) is 10.3. The predicted molar refractivity (Wildman–Crippen MR) is 79.1 cm³/mol. The van der Waals surface area contributed by atoms with Crippen LogP contribution in [0.3, 0.4) is 0 Å². The lowest BCUT2D eigenvalue weighted by molar-refractivity contribution is 0.264. The second-order valence-electron chi connectivity index (χ2n) is 4.24. The van der Waals surface area contributed by atoms with Crippen molar-refractivity contribution in [3.63, 3.8) is 0 Å². The zero-order valence-corrected chi connectivity index (χ0v) is 12.2. The molecule has 0 fully saturated rings. The van der Waals surface area contributed by atoms with Crippen LogP contribution >= 0.6 is 27.5 Å². The van der Waals surface area contributed by atoms with Crippen molar-refractivity contribution in [2.24, 2.45) is 0 Å². The van der Waals surface area contributed by atoms with E-state index in [4.69, 9.17) is 11.6 Å². The lowest BCUT2D eigenvalue weighted by atomic mass is 9.93. The lowest BCUT2D eigenvalue weighted by Crippen LogP contribution is -2.08. The SMILES string of the molecule is OCC(Cc1cccc(Cl)c1)c1ccccc1Br. The fourth-order valence-electron chi connectivity index (χ4n) is 2.03. The van der Waals surface area contributed by atoms with Gasteiger partial charge in [-0.05, 0) is 35.7 Å². The summed E-state index contributed by atoms with van der Waals surface area (Å²) >= 11 is 9.51. The molecule has 0 spiro atoms. The summed E-state index contributed by atoms with van der Waals surface area (Å²) < 4.78 is 1.03. The highest BCUT2D eigenvalue weighted by Gasteiger charge is 2.14. The van der Waals surface area contributed by atoms with E-state index >= 15 is 0 Å². The molecule has 0 saturated heterocycles. The Morgan fingerprint density at radius 2 is 1.89 bits per heavy atom. The first-order valence-corrected chi connectivity index (χ1v) is 6.97. The highest BCUT2D eigenvalue weighted by Crippen LogP contribution is 2.28. The molecule has 1 N–H and O–H groups in total. The average molecular weight is 326 g/mol. The molecule has 3 heteroatoms. The molecule has 0 bridgehead atoms. The van der Waals surface area contributed by atoms with Gasteiger partial charge in [0.2, 0.25) is 0 Å². The zero-order chi connectivity index (χ0) is 13.0.